The Morgan fingerprint density at radius 1 is 0.906 bits per heavy atom. The second-order valence-electron chi connectivity index (χ2n) is 9.52. The van der Waals surface area contributed by atoms with E-state index in [2.05, 4.69) is 15.6 Å². The summed E-state index contributed by atoms with van der Waals surface area (Å²) >= 11 is 0. The minimum atomic E-state index is -0.434. The number of nitrogens with two attached hydrogens (primary N) is 1. The van der Waals surface area contributed by atoms with Gasteiger partial charge >= 0.3 is 0 Å². The minimum Gasteiger partial charge on any atom is -0.355 e. The molecule has 32 heavy (non-hydrogen) atoms. The van der Waals surface area contributed by atoms with Crippen LogP contribution in [-0.4, -0.2) is 40.8 Å². The van der Waals surface area contributed by atoms with Crippen molar-refractivity contribution in [3.05, 3.63) is 17.5 Å². The summed E-state index contributed by atoms with van der Waals surface area (Å²) in [6.07, 6.45) is 16.8. The highest BCUT2D eigenvalue weighted by molar-refractivity contribution is 5.97. The van der Waals surface area contributed by atoms with Crippen LogP contribution in [-0.2, 0) is 11.2 Å². The van der Waals surface area contributed by atoms with Crippen LogP contribution in [0.5, 0.6) is 0 Å². The number of anilines is 1. The Hall–Kier alpha value is -2.02. The number of ketones is 1. The molecule has 1 fully saturated rings. The van der Waals surface area contributed by atoms with Crippen molar-refractivity contribution in [2.75, 3.05) is 18.4 Å². The molecule has 178 valence electrons. The van der Waals surface area contributed by atoms with Gasteiger partial charge in [-0.1, -0.05) is 57.8 Å². The van der Waals surface area contributed by atoms with Crippen molar-refractivity contribution < 1.29 is 9.59 Å². The van der Waals surface area contributed by atoms with Crippen LogP contribution in [0.2, 0.25) is 0 Å². The molecule has 2 aliphatic rings. The van der Waals surface area contributed by atoms with Crippen molar-refractivity contribution in [1.29, 1.82) is 0 Å². The lowest BCUT2D eigenvalue weighted by Crippen LogP contribution is -2.40. The van der Waals surface area contributed by atoms with E-state index in [0.717, 1.165) is 76.4 Å². The molecule has 0 aromatic carbocycles. The van der Waals surface area contributed by atoms with Gasteiger partial charge in [0, 0.05) is 25.7 Å². The van der Waals surface area contributed by atoms with E-state index in [-0.39, 0.29) is 11.7 Å². The maximum Gasteiger partial charge on any atom is 0.236 e. The Kier molecular flexibility index (Phi) is 10.4. The lowest BCUT2D eigenvalue weighted by Gasteiger charge is -2.21. The standard InChI is InChI=1S/C25H41N5O2/c26-21-13-7-4-8-14-22-20(23(31)17-19-11-5-3-6-12-19)18-29-25(30-22)28-16-10-2-1-9-15-27-24(21)32/h18-19,21H,1-17,26H2,(H,27,32)(H,28,29,30)/t21-/m0/s1. The molecule has 4 N–H and O–H groups in total. The maximum atomic E-state index is 13.1. The van der Waals surface area contributed by atoms with Gasteiger partial charge in [-0.2, -0.15) is 0 Å². The van der Waals surface area contributed by atoms with Gasteiger partial charge in [0.2, 0.25) is 11.9 Å². The predicted molar refractivity (Wildman–Crippen MR) is 128 cm³/mol. The number of aryl methyl sites for hydroxylation is 1. The first kappa shape index (κ1) is 24.6. The summed E-state index contributed by atoms with van der Waals surface area (Å²) in [6.45, 7) is 1.51. The van der Waals surface area contributed by atoms with Crippen molar-refractivity contribution in [3.8, 4) is 0 Å². The van der Waals surface area contributed by atoms with Gasteiger partial charge in [-0.3, -0.25) is 9.59 Å². The molecular weight excluding hydrogens is 402 g/mol. The number of aromatic nitrogens is 2. The van der Waals surface area contributed by atoms with Crippen molar-refractivity contribution >= 4 is 17.6 Å². The Labute approximate surface area is 192 Å². The van der Waals surface area contributed by atoms with E-state index < -0.39 is 6.04 Å². The smallest absolute Gasteiger partial charge is 0.236 e. The van der Waals surface area contributed by atoms with Crippen molar-refractivity contribution in [3.63, 3.8) is 0 Å². The number of carbonyl (C=O) groups excluding carboxylic acids is 2. The molecule has 0 radical (unpaired) electrons. The maximum absolute atomic E-state index is 13.1. The number of nitrogens with one attached hydrogen (secondary N) is 2. The molecule has 2 bridgehead atoms. The topological polar surface area (TPSA) is 110 Å². The predicted octanol–water partition coefficient (Wildman–Crippen LogP) is 4.16. The van der Waals surface area contributed by atoms with Crippen LogP contribution in [0.1, 0.15) is 106 Å². The number of hydrogen-bond donors (Lipinski definition) is 3. The highest BCUT2D eigenvalue weighted by Crippen LogP contribution is 2.28. The van der Waals surface area contributed by atoms with E-state index in [1.165, 1.54) is 19.3 Å². The van der Waals surface area contributed by atoms with Crippen molar-refractivity contribution in [1.82, 2.24) is 15.3 Å². The Balaban J connectivity index is 1.64. The third-order valence-electron chi connectivity index (χ3n) is 6.82. The number of amides is 1. The van der Waals surface area contributed by atoms with E-state index in [1.807, 2.05) is 0 Å². The van der Waals surface area contributed by atoms with Gasteiger partial charge < -0.3 is 16.4 Å². The normalized spacial score (nSPS) is 22.8. The Morgan fingerprint density at radius 2 is 1.56 bits per heavy atom. The average molecular weight is 444 g/mol. The SMILES string of the molecule is N[C@H]1CCCCCc2nc(ncc2C(=O)CC2CCCCC2)NCCCCCCNC1=O. The molecular formula is C25H41N5O2. The number of carbonyl (C=O) groups is 2. The first-order valence-electron chi connectivity index (χ1n) is 12.8. The zero-order valence-electron chi connectivity index (χ0n) is 19.5. The molecule has 1 saturated carbocycles. The number of hydrogen-bond acceptors (Lipinski definition) is 6. The summed E-state index contributed by atoms with van der Waals surface area (Å²) in [4.78, 5) is 34.4. The van der Waals surface area contributed by atoms with Gasteiger partial charge in [0.1, 0.15) is 0 Å². The summed E-state index contributed by atoms with van der Waals surface area (Å²) in [5, 5.41) is 6.29. The fourth-order valence-corrected chi connectivity index (χ4v) is 4.80. The van der Waals surface area contributed by atoms with Crippen LogP contribution in [0.25, 0.3) is 0 Å². The first-order chi connectivity index (χ1) is 15.6. The molecule has 1 amide bonds. The number of rotatable bonds is 3. The summed E-state index contributed by atoms with van der Waals surface area (Å²) in [5.74, 6) is 1.29. The Bertz CT molecular complexity index is 733. The molecule has 1 atom stereocenters. The lowest BCUT2D eigenvalue weighted by atomic mass is 9.84. The van der Waals surface area contributed by atoms with Gasteiger partial charge in [-0.25, -0.2) is 9.97 Å². The number of fused-ring (bicyclic) bond motifs is 2. The average Bonchev–Trinajstić information content (AvgIpc) is 2.80. The van der Waals surface area contributed by atoms with Crippen LogP contribution in [0.4, 0.5) is 5.95 Å². The highest BCUT2D eigenvalue weighted by Gasteiger charge is 2.21. The Morgan fingerprint density at radius 3 is 2.34 bits per heavy atom. The second kappa shape index (κ2) is 13.5. The fraction of sp³-hybridized carbons (Fsp3) is 0.760. The summed E-state index contributed by atoms with van der Waals surface area (Å²) in [7, 11) is 0. The molecule has 3 rings (SSSR count). The molecule has 7 nitrogen and oxygen atoms in total. The molecule has 0 unspecified atom stereocenters. The molecule has 7 heteroatoms. The molecule has 2 heterocycles. The summed E-state index contributed by atoms with van der Waals surface area (Å²) in [6, 6.07) is -0.434. The monoisotopic (exact) mass is 443 g/mol. The van der Waals surface area contributed by atoms with E-state index >= 15 is 0 Å². The van der Waals surface area contributed by atoms with Gasteiger partial charge in [-0.15, -0.1) is 0 Å². The van der Waals surface area contributed by atoms with Gasteiger partial charge in [-0.05, 0) is 38.0 Å². The lowest BCUT2D eigenvalue weighted by molar-refractivity contribution is -0.122. The van der Waals surface area contributed by atoms with E-state index in [0.29, 0.717) is 36.8 Å². The molecule has 1 aromatic heterocycles. The summed E-state index contributed by atoms with van der Waals surface area (Å²) < 4.78 is 0. The van der Waals surface area contributed by atoms with Crippen molar-refractivity contribution in [2.45, 2.75) is 102 Å². The fourth-order valence-electron chi connectivity index (χ4n) is 4.80. The number of Topliss-reactive ketones (excluding diaryl/α,β-unsaturated/α-hetero) is 1. The summed E-state index contributed by atoms with van der Waals surface area (Å²) in [5.41, 5.74) is 7.62. The molecule has 1 aromatic rings. The highest BCUT2D eigenvalue weighted by atomic mass is 16.2. The van der Waals surface area contributed by atoms with Crippen molar-refractivity contribution in [2.24, 2.45) is 11.7 Å². The van der Waals surface area contributed by atoms with Crippen LogP contribution in [0.3, 0.4) is 0 Å². The minimum absolute atomic E-state index is 0.0381. The molecule has 0 saturated heterocycles. The van der Waals surface area contributed by atoms with Crippen LogP contribution >= 0.6 is 0 Å². The number of nitrogens with zero attached hydrogens (tertiary/aromatic N) is 2. The molecule has 1 aliphatic carbocycles. The van der Waals surface area contributed by atoms with Crippen LogP contribution in [0.15, 0.2) is 6.20 Å². The van der Waals surface area contributed by atoms with Crippen LogP contribution < -0.4 is 16.4 Å². The third-order valence-corrected chi connectivity index (χ3v) is 6.82. The van der Waals surface area contributed by atoms with Crippen LogP contribution in [0, 0.1) is 5.92 Å². The molecule has 1 aliphatic heterocycles. The largest absolute Gasteiger partial charge is 0.355 e. The van der Waals surface area contributed by atoms with Gasteiger partial charge in [0.15, 0.2) is 5.78 Å². The third kappa shape index (κ3) is 8.15. The quantitative estimate of drug-likeness (QED) is 0.605. The van der Waals surface area contributed by atoms with E-state index in [1.54, 1.807) is 6.20 Å². The zero-order chi connectivity index (χ0) is 22.6. The second-order valence-corrected chi connectivity index (χ2v) is 9.52. The van der Waals surface area contributed by atoms with Gasteiger partial charge in [0.05, 0.1) is 17.3 Å². The van der Waals surface area contributed by atoms with E-state index in [4.69, 9.17) is 10.7 Å². The molecule has 0 spiro atoms. The van der Waals surface area contributed by atoms with Gasteiger partial charge in [0.25, 0.3) is 0 Å². The van der Waals surface area contributed by atoms with E-state index in [9.17, 15) is 9.59 Å². The zero-order valence-corrected chi connectivity index (χ0v) is 19.5. The first-order valence-corrected chi connectivity index (χ1v) is 12.8.